The third-order valence-corrected chi connectivity index (χ3v) is 5.49. The Morgan fingerprint density at radius 1 is 1.24 bits per heavy atom. The van der Waals surface area contributed by atoms with E-state index in [9.17, 15) is 13.2 Å². The number of ether oxygens (including phenoxy) is 1. The summed E-state index contributed by atoms with van der Waals surface area (Å²) in [4.78, 5) is 12.1. The number of aromatic nitrogens is 2. The van der Waals surface area contributed by atoms with E-state index in [1.807, 2.05) is 42.5 Å². The number of H-pyrrole nitrogens is 1. The number of aromatic amines is 1. The first-order valence-corrected chi connectivity index (χ1v) is 10.7. The van der Waals surface area contributed by atoms with E-state index in [-0.39, 0.29) is 6.42 Å². The second-order valence-corrected chi connectivity index (χ2v) is 8.52. The van der Waals surface area contributed by atoms with Gasteiger partial charge in [-0.05, 0) is 41.5 Å². The van der Waals surface area contributed by atoms with E-state index in [1.54, 1.807) is 18.3 Å². The Bertz CT molecular complexity index is 1120. The summed E-state index contributed by atoms with van der Waals surface area (Å²) < 4.78 is 29.6. The summed E-state index contributed by atoms with van der Waals surface area (Å²) in [5.74, 6) is 0.188. The van der Waals surface area contributed by atoms with Crippen LogP contribution in [0, 0.1) is 0 Å². The monoisotopic (exact) mass is 411 g/mol. The number of nitrogens with one attached hydrogen (secondary N) is 1. The number of allylic oxidation sites excluding steroid dienone is 4. The summed E-state index contributed by atoms with van der Waals surface area (Å²) in [6, 6.07) is 9.18. The third-order valence-electron chi connectivity index (χ3n) is 4.29. The molecule has 1 amide bonds. The minimum Gasteiger partial charge on any atom is -0.489 e. The molecule has 0 spiro atoms. The van der Waals surface area contributed by atoms with E-state index in [2.05, 4.69) is 15.9 Å². The predicted octanol–water partition coefficient (Wildman–Crippen LogP) is 2.58. The van der Waals surface area contributed by atoms with E-state index in [0.29, 0.717) is 12.4 Å². The molecule has 0 aliphatic heterocycles. The number of rotatable bonds is 7. The van der Waals surface area contributed by atoms with Crippen LogP contribution >= 0.6 is 0 Å². The van der Waals surface area contributed by atoms with Crippen molar-refractivity contribution in [3.63, 3.8) is 0 Å². The maximum atomic E-state index is 12.1. The summed E-state index contributed by atoms with van der Waals surface area (Å²) >= 11 is 0. The maximum absolute atomic E-state index is 12.1. The lowest BCUT2D eigenvalue weighted by molar-refractivity contribution is -0.124. The Kier molecular flexibility index (Phi) is 6.16. The Labute approximate surface area is 169 Å². The average Bonchev–Trinajstić information content (AvgIpc) is 3.11. The molecule has 0 fully saturated rings. The van der Waals surface area contributed by atoms with Crippen LogP contribution in [0.2, 0.25) is 0 Å². The zero-order chi connectivity index (χ0) is 20.9. The van der Waals surface area contributed by atoms with Crippen LogP contribution in [0.4, 0.5) is 0 Å². The van der Waals surface area contributed by atoms with Gasteiger partial charge in [-0.15, -0.1) is 5.73 Å². The van der Waals surface area contributed by atoms with E-state index < -0.39 is 15.9 Å². The van der Waals surface area contributed by atoms with Gasteiger partial charge in [-0.25, -0.2) is 12.7 Å². The van der Waals surface area contributed by atoms with Crippen molar-refractivity contribution in [1.82, 2.24) is 14.5 Å². The molecule has 2 aromatic rings. The van der Waals surface area contributed by atoms with Crippen LogP contribution in [-0.4, -0.2) is 42.1 Å². The molecule has 1 aromatic heterocycles. The van der Waals surface area contributed by atoms with Gasteiger partial charge in [-0.3, -0.25) is 9.89 Å². The van der Waals surface area contributed by atoms with Crippen molar-refractivity contribution in [3.05, 3.63) is 89.1 Å². The summed E-state index contributed by atoms with van der Waals surface area (Å²) in [6.45, 7) is 0.313. The van der Waals surface area contributed by atoms with Crippen molar-refractivity contribution in [2.75, 3.05) is 13.3 Å². The summed E-state index contributed by atoms with van der Waals surface area (Å²) in [7, 11) is -2.30. The number of hydrogen-bond acceptors (Lipinski definition) is 5. The maximum Gasteiger partial charge on any atom is 0.240 e. The molecule has 0 bridgehead atoms. The van der Waals surface area contributed by atoms with Gasteiger partial charge in [0.15, 0.2) is 0 Å². The molecule has 0 saturated carbocycles. The number of hydrogen-bond donors (Lipinski definition) is 1. The molecule has 29 heavy (non-hydrogen) atoms. The normalized spacial score (nSPS) is 13.4. The molecule has 1 aliphatic carbocycles. The third kappa shape index (κ3) is 5.57. The Balaban J connectivity index is 1.60. The first-order valence-electron chi connectivity index (χ1n) is 8.85. The molecule has 150 valence electrons. The number of benzene rings is 1. The van der Waals surface area contributed by atoms with Crippen LogP contribution in [0.25, 0.3) is 5.57 Å². The minimum absolute atomic E-state index is 0.000208. The highest BCUT2D eigenvalue weighted by molar-refractivity contribution is 7.88. The largest absolute Gasteiger partial charge is 0.489 e. The van der Waals surface area contributed by atoms with Crippen molar-refractivity contribution >= 4 is 21.5 Å². The minimum atomic E-state index is -3.55. The smallest absolute Gasteiger partial charge is 0.240 e. The highest BCUT2D eigenvalue weighted by atomic mass is 32.2. The highest BCUT2D eigenvalue weighted by Crippen LogP contribution is 2.17. The van der Waals surface area contributed by atoms with Crippen LogP contribution in [0.1, 0.15) is 16.8 Å². The zero-order valence-electron chi connectivity index (χ0n) is 16.1. The molecule has 1 aromatic carbocycles. The van der Waals surface area contributed by atoms with Gasteiger partial charge in [-0.1, -0.05) is 24.3 Å². The lowest BCUT2D eigenvalue weighted by Crippen LogP contribution is -2.33. The second-order valence-electron chi connectivity index (χ2n) is 6.51. The number of likely N-dealkylation sites (N-methyl/N-ethyl adjacent to an activating group) is 1. The van der Waals surface area contributed by atoms with Crippen molar-refractivity contribution < 1.29 is 17.9 Å². The summed E-state index contributed by atoms with van der Waals surface area (Å²) in [6.07, 6.45) is 10.0. The van der Waals surface area contributed by atoms with Gasteiger partial charge in [-0.2, -0.15) is 5.10 Å². The second kappa shape index (κ2) is 8.77. The Hall–Kier alpha value is -3.35. The Morgan fingerprint density at radius 3 is 2.76 bits per heavy atom. The number of sulfonamides is 1. The van der Waals surface area contributed by atoms with Crippen LogP contribution in [0.5, 0.6) is 0 Å². The lowest BCUT2D eigenvalue weighted by atomic mass is 10.1. The molecule has 1 heterocycles. The summed E-state index contributed by atoms with van der Waals surface area (Å²) in [5, 5.41) is 6.83. The fourth-order valence-corrected chi connectivity index (χ4v) is 3.05. The average molecular weight is 411 g/mol. The number of carbonyl (C=O) groups excluding carboxylic acids is 1. The number of carbonyl (C=O) groups is 1. The molecule has 0 atom stereocenters. The zero-order valence-corrected chi connectivity index (χ0v) is 16.9. The first kappa shape index (κ1) is 20.4. The molecule has 7 nitrogen and oxygen atoms in total. The van der Waals surface area contributed by atoms with Gasteiger partial charge in [0.2, 0.25) is 15.9 Å². The molecule has 0 unspecified atom stereocenters. The Morgan fingerprint density at radius 2 is 2.03 bits per heavy atom. The van der Waals surface area contributed by atoms with Crippen molar-refractivity contribution in [3.8, 4) is 0 Å². The lowest BCUT2D eigenvalue weighted by Gasteiger charge is -2.14. The standard InChI is InChI=1S/C21H21N3O4S/c1-24(29(2,26)27)21(25)14-16-5-3-6-17(13-16)15-28-19-8-4-7-18(9-10-19)20-11-12-22-23-20/h3-6,8-13H,14-15H2,1-2H3,(H,22,23). The van der Waals surface area contributed by atoms with Gasteiger partial charge in [0.1, 0.15) is 12.4 Å². The molecule has 3 rings (SSSR count). The molecule has 8 heteroatoms. The van der Waals surface area contributed by atoms with Crippen LogP contribution < -0.4 is 0 Å². The SMILES string of the molecule is CN(C(=O)Cc1cccc(COC2=CC=C=C(c3ccn[nH]3)C=C2)c1)S(C)(=O)=O. The molecule has 0 radical (unpaired) electrons. The van der Waals surface area contributed by atoms with E-state index in [4.69, 9.17) is 4.74 Å². The quantitative estimate of drug-likeness (QED) is 0.707. The fourth-order valence-electron chi connectivity index (χ4n) is 2.62. The summed E-state index contributed by atoms with van der Waals surface area (Å²) in [5.41, 5.74) is 6.48. The van der Waals surface area contributed by atoms with Gasteiger partial charge < -0.3 is 4.74 Å². The van der Waals surface area contributed by atoms with Gasteiger partial charge in [0.25, 0.3) is 0 Å². The fraction of sp³-hybridized carbons (Fsp3) is 0.190. The number of nitrogens with zero attached hydrogens (tertiary/aromatic N) is 2. The van der Waals surface area contributed by atoms with Crippen molar-refractivity contribution in [1.29, 1.82) is 0 Å². The van der Waals surface area contributed by atoms with Gasteiger partial charge in [0, 0.05) is 18.8 Å². The van der Waals surface area contributed by atoms with Crippen LogP contribution in [-0.2, 0) is 32.6 Å². The van der Waals surface area contributed by atoms with Crippen molar-refractivity contribution in [2.45, 2.75) is 13.0 Å². The molecule has 1 aliphatic rings. The van der Waals surface area contributed by atoms with E-state index >= 15 is 0 Å². The van der Waals surface area contributed by atoms with Gasteiger partial charge >= 0.3 is 0 Å². The molecular weight excluding hydrogens is 390 g/mol. The van der Waals surface area contributed by atoms with Gasteiger partial charge in [0.05, 0.1) is 18.4 Å². The van der Waals surface area contributed by atoms with E-state index in [0.717, 1.165) is 33.0 Å². The van der Waals surface area contributed by atoms with Crippen LogP contribution in [0.3, 0.4) is 0 Å². The van der Waals surface area contributed by atoms with E-state index in [1.165, 1.54) is 7.05 Å². The first-order chi connectivity index (χ1) is 13.8. The number of amides is 1. The molecule has 1 N–H and O–H groups in total. The topological polar surface area (TPSA) is 92.4 Å². The molecular formula is C21H21N3O4S. The highest BCUT2D eigenvalue weighted by Gasteiger charge is 2.18. The molecule has 0 saturated heterocycles. The predicted molar refractivity (Wildman–Crippen MR) is 110 cm³/mol. The van der Waals surface area contributed by atoms with Crippen LogP contribution in [0.15, 0.2) is 72.3 Å². The van der Waals surface area contributed by atoms with Crippen molar-refractivity contribution in [2.24, 2.45) is 0 Å².